The monoisotopic (exact) mass is 438 g/mol. The zero-order chi connectivity index (χ0) is 20.8. The number of anilines is 2. The van der Waals surface area contributed by atoms with E-state index in [0.717, 1.165) is 0 Å². The highest BCUT2D eigenvalue weighted by Crippen LogP contribution is 2.29. The second-order valence-corrected chi connectivity index (χ2v) is 7.07. The van der Waals surface area contributed by atoms with E-state index in [-0.39, 0.29) is 16.2 Å². The van der Waals surface area contributed by atoms with Gasteiger partial charge in [-0.1, -0.05) is 29.3 Å². The van der Waals surface area contributed by atoms with Crippen LogP contribution in [0.3, 0.4) is 0 Å². The SMILES string of the molecule is O=c1c2cc(Nc3cccc(OC(F)(F)F)c3)ccc2[nH]c2cc(Cl)cc(Cl)c12. The van der Waals surface area contributed by atoms with E-state index in [2.05, 4.69) is 15.0 Å². The van der Waals surface area contributed by atoms with Crippen LogP contribution in [0.2, 0.25) is 10.0 Å². The Balaban J connectivity index is 1.75. The number of benzene rings is 3. The summed E-state index contributed by atoms with van der Waals surface area (Å²) in [7, 11) is 0. The number of H-pyrrole nitrogens is 1. The van der Waals surface area contributed by atoms with Crippen molar-refractivity contribution in [3.63, 3.8) is 0 Å². The Morgan fingerprint density at radius 2 is 1.69 bits per heavy atom. The Labute approximate surface area is 171 Å². The summed E-state index contributed by atoms with van der Waals surface area (Å²) in [5.41, 5.74) is 1.68. The van der Waals surface area contributed by atoms with Gasteiger partial charge in [0.15, 0.2) is 5.43 Å². The van der Waals surface area contributed by atoms with Crippen molar-refractivity contribution in [1.29, 1.82) is 0 Å². The molecule has 4 rings (SSSR count). The van der Waals surface area contributed by atoms with Crippen molar-refractivity contribution in [3.05, 3.63) is 74.9 Å². The van der Waals surface area contributed by atoms with Gasteiger partial charge in [-0.3, -0.25) is 4.79 Å². The number of fused-ring (bicyclic) bond motifs is 2. The van der Waals surface area contributed by atoms with E-state index in [1.807, 2.05) is 0 Å². The standard InChI is InChI=1S/C20H11Cl2F3N2O2/c21-10-6-15(22)18-17(7-10)27-16-5-4-12(9-14(16)19(18)28)26-11-2-1-3-13(8-11)29-20(23,24)25/h1-9,26H,(H,27,28). The quantitative estimate of drug-likeness (QED) is 0.353. The maximum atomic E-state index is 12.9. The fraction of sp³-hybridized carbons (Fsp3) is 0.0500. The van der Waals surface area contributed by atoms with Gasteiger partial charge in [-0.2, -0.15) is 0 Å². The Morgan fingerprint density at radius 1 is 0.931 bits per heavy atom. The summed E-state index contributed by atoms with van der Waals surface area (Å²) in [5, 5.41) is 4.27. The molecule has 9 heteroatoms. The molecule has 29 heavy (non-hydrogen) atoms. The van der Waals surface area contributed by atoms with Crippen LogP contribution < -0.4 is 15.5 Å². The van der Waals surface area contributed by atoms with Gasteiger partial charge >= 0.3 is 6.36 Å². The van der Waals surface area contributed by atoms with Gasteiger partial charge in [0.25, 0.3) is 0 Å². The molecule has 1 aromatic heterocycles. The number of aromatic nitrogens is 1. The molecule has 3 aromatic carbocycles. The lowest BCUT2D eigenvalue weighted by Gasteiger charge is -2.12. The summed E-state index contributed by atoms with van der Waals surface area (Å²) in [6, 6.07) is 13.5. The smallest absolute Gasteiger partial charge is 0.406 e. The summed E-state index contributed by atoms with van der Waals surface area (Å²) in [4.78, 5) is 16.0. The van der Waals surface area contributed by atoms with E-state index < -0.39 is 6.36 Å². The molecular weight excluding hydrogens is 428 g/mol. The number of hydrogen-bond acceptors (Lipinski definition) is 3. The third kappa shape index (κ3) is 4.11. The van der Waals surface area contributed by atoms with Crippen LogP contribution in [0, 0.1) is 0 Å². The molecule has 0 aliphatic carbocycles. The lowest BCUT2D eigenvalue weighted by Crippen LogP contribution is -2.17. The predicted octanol–water partition coefficient (Wildman–Crippen LogP) is 6.63. The van der Waals surface area contributed by atoms with Crippen molar-refractivity contribution in [2.75, 3.05) is 5.32 Å². The van der Waals surface area contributed by atoms with Crippen LogP contribution in [0.15, 0.2) is 59.4 Å². The van der Waals surface area contributed by atoms with Gasteiger partial charge in [0, 0.05) is 33.4 Å². The van der Waals surface area contributed by atoms with Crippen LogP contribution in [-0.4, -0.2) is 11.3 Å². The van der Waals surface area contributed by atoms with E-state index >= 15 is 0 Å². The van der Waals surface area contributed by atoms with Crippen molar-refractivity contribution < 1.29 is 17.9 Å². The third-order valence-corrected chi connectivity index (χ3v) is 4.69. The maximum Gasteiger partial charge on any atom is 0.573 e. The molecule has 0 saturated carbocycles. The molecule has 1 heterocycles. The second-order valence-electron chi connectivity index (χ2n) is 6.23. The molecule has 0 saturated heterocycles. The van der Waals surface area contributed by atoms with Gasteiger partial charge in [-0.25, -0.2) is 0 Å². The number of rotatable bonds is 3. The van der Waals surface area contributed by atoms with Crippen LogP contribution in [0.1, 0.15) is 0 Å². The molecule has 0 spiro atoms. The lowest BCUT2D eigenvalue weighted by molar-refractivity contribution is -0.274. The fourth-order valence-corrected chi connectivity index (χ4v) is 3.62. The summed E-state index contributed by atoms with van der Waals surface area (Å²) in [6.45, 7) is 0. The van der Waals surface area contributed by atoms with E-state index in [0.29, 0.717) is 38.2 Å². The number of pyridine rings is 1. The number of aromatic amines is 1. The van der Waals surface area contributed by atoms with Gasteiger partial charge < -0.3 is 15.0 Å². The molecule has 148 valence electrons. The summed E-state index contributed by atoms with van der Waals surface area (Å²) >= 11 is 12.2. The van der Waals surface area contributed by atoms with Gasteiger partial charge in [0.05, 0.1) is 15.9 Å². The number of hydrogen-bond donors (Lipinski definition) is 2. The highest BCUT2D eigenvalue weighted by Gasteiger charge is 2.31. The maximum absolute atomic E-state index is 12.9. The second kappa shape index (κ2) is 7.17. The van der Waals surface area contributed by atoms with Crippen LogP contribution in [-0.2, 0) is 0 Å². The first-order valence-corrected chi connectivity index (χ1v) is 9.03. The molecular formula is C20H11Cl2F3N2O2. The molecule has 0 amide bonds. The highest BCUT2D eigenvalue weighted by molar-refractivity contribution is 6.38. The zero-order valence-electron chi connectivity index (χ0n) is 14.4. The van der Waals surface area contributed by atoms with Crippen molar-refractivity contribution in [3.8, 4) is 5.75 Å². The molecule has 4 aromatic rings. The molecule has 0 aliphatic rings. The van der Waals surface area contributed by atoms with Crippen LogP contribution in [0.5, 0.6) is 5.75 Å². The Hall–Kier alpha value is -2.90. The van der Waals surface area contributed by atoms with E-state index in [9.17, 15) is 18.0 Å². The molecule has 0 aliphatic heterocycles. The van der Waals surface area contributed by atoms with Crippen molar-refractivity contribution in [2.45, 2.75) is 6.36 Å². The zero-order valence-corrected chi connectivity index (χ0v) is 15.9. The topological polar surface area (TPSA) is 54.1 Å². The Morgan fingerprint density at radius 3 is 2.45 bits per heavy atom. The van der Waals surface area contributed by atoms with Gasteiger partial charge in [0.1, 0.15) is 5.75 Å². The summed E-state index contributed by atoms with van der Waals surface area (Å²) in [6.07, 6.45) is -4.78. The van der Waals surface area contributed by atoms with E-state index in [4.69, 9.17) is 23.2 Å². The minimum Gasteiger partial charge on any atom is -0.406 e. The van der Waals surface area contributed by atoms with Crippen molar-refractivity contribution in [2.24, 2.45) is 0 Å². The number of alkyl halides is 3. The van der Waals surface area contributed by atoms with Crippen LogP contribution in [0.25, 0.3) is 21.8 Å². The molecule has 4 nitrogen and oxygen atoms in total. The van der Waals surface area contributed by atoms with E-state index in [1.165, 1.54) is 24.3 Å². The van der Waals surface area contributed by atoms with Gasteiger partial charge in [0.2, 0.25) is 0 Å². The predicted molar refractivity (Wildman–Crippen MR) is 109 cm³/mol. The molecule has 0 fully saturated rings. The average Bonchev–Trinajstić information content (AvgIpc) is 2.60. The molecule has 0 atom stereocenters. The van der Waals surface area contributed by atoms with Crippen molar-refractivity contribution >= 4 is 56.4 Å². The fourth-order valence-electron chi connectivity index (χ4n) is 3.04. The number of halogens is 5. The van der Waals surface area contributed by atoms with Gasteiger partial charge in [-0.05, 0) is 42.5 Å². The van der Waals surface area contributed by atoms with Crippen LogP contribution in [0.4, 0.5) is 24.5 Å². The first-order valence-electron chi connectivity index (χ1n) is 8.27. The highest BCUT2D eigenvalue weighted by atomic mass is 35.5. The normalized spacial score (nSPS) is 11.8. The lowest BCUT2D eigenvalue weighted by atomic mass is 10.1. The molecule has 0 unspecified atom stereocenters. The molecule has 0 bridgehead atoms. The minimum atomic E-state index is -4.78. The molecule has 0 radical (unpaired) electrons. The number of ether oxygens (including phenoxy) is 1. The van der Waals surface area contributed by atoms with Crippen LogP contribution >= 0.6 is 23.2 Å². The Kier molecular flexibility index (Phi) is 4.80. The minimum absolute atomic E-state index is 0.228. The first kappa shape index (κ1) is 19.4. The van der Waals surface area contributed by atoms with Gasteiger partial charge in [-0.15, -0.1) is 13.2 Å². The Bertz CT molecular complexity index is 1300. The first-order chi connectivity index (χ1) is 13.7. The summed E-state index contributed by atoms with van der Waals surface area (Å²) < 4.78 is 41.1. The van der Waals surface area contributed by atoms with Crippen molar-refractivity contribution in [1.82, 2.24) is 4.98 Å². The number of nitrogens with one attached hydrogen (secondary N) is 2. The average molecular weight is 439 g/mol. The largest absolute Gasteiger partial charge is 0.573 e. The molecule has 2 N–H and O–H groups in total. The third-order valence-electron chi connectivity index (χ3n) is 4.17. The van der Waals surface area contributed by atoms with E-state index in [1.54, 1.807) is 30.3 Å². The summed E-state index contributed by atoms with van der Waals surface area (Å²) in [5.74, 6) is -0.351.